The molecule has 90 valence electrons. The standard InChI is InChI=1S/C11H14N4S2/c1-7(12)10(9-5-3-4-6-13-9)17-11-15-14-8(2)16-11/h3-7,10H,12H2,1-2H3. The normalized spacial score (nSPS) is 14.5. The third-order valence-electron chi connectivity index (χ3n) is 2.19. The van der Waals surface area contributed by atoms with Gasteiger partial charge in [0.05, 0.1) is 10.9 Å². The van der Waals surface area contributed by atoms with Crippen molar-refractivity contribution >= 4 is 23.1 Å². The fraction of sp³-hybridized carbons (Fsp3) is 0.364. The molecule has 0 aliphatic heterocycles. The van der Waals surface area contributed by atoms with E-state index in [1.165, 1.54) is 0 Å². The average molecular weight is 266 g/mol. The first kappa shape index (κ1) is 12.5. The molecule has 0 aliphatic rings. The van der Waals surface area contributed by atoms with Crippen LogP contribution in [0.5, 0.6) is 0 Å². The lowest BCUT2D eigenvalue weighted by molar-refractivity contribution is 0.704. The predicted octanol–water partition coefficient (Wildman–Crippen LogP) is 2.42. The van der Waals surface area contributed by atoms with Gasteiger partial charge in [-0.1, -0.05) is 29.2 Å². The van der Waals surface area contributed by atoms with E-state index in [0.29, 0.717) is 0 Å². The van der Waals surface area contributed by atoms with E-state index >= 15 is 0 Å². The van der Waals surface area contributed by atoms with E-state index in [9.17, 15) is 0 Å². The van der Waals surface area contributed by atoms with Crippen LogP contribution in [0.25, 0.3) is 0 Å². The maximum Gasteiger partial charge on any atom is 0.175 e. The lowest BCUT2D eigenvalue weighted by Crippen LogP contribution is -2.23. The van der Waals surface area contributed by atoms with Crippen LogP contribution in [0.15, 0.2) is 28.7 Å². The molecule has 17 heavy (non-hydrogen) atoms. The lowest BCUT2D eigenvalue weighted by atomic mass is 10.2. The van der Waals surface area contributed by atoms with E-state index < -0.39 is 0 Å². The van der Waals surface area contributed by atoms with Crippen LogP contribution in [0.4, 0.5) is 0 Å². The zero-order valence-electron chi connectivity index (χ0n) is 9.70. The number of rotatable bonds is 4. The molecular formula is C11H14N4S2. The first-order valence-corrected chi connectivity index (χ1v) is 6.99. The molecule has 6 heteroatoms. The smallest absolute Gasteiger partial charge is 0.175 e. The van der Waals surface area contributed by atoms with Gasteiger partial charge in [0.1, 0.15) is 5.01 Å². The van der Waals surface area contributed by atoms with E-state index in [4.69, 9.17) is 5.73 Å². The highest BCUT2D eigenvalue weighted by molar-refractivity contribution is 8.01. The minimum atomic E-state index is 0.0131. The van der Waals surface area contributed by atoms with Crippen molar-refractivity contribution in [1.82, 2.24) is 15.2 Å². The summed E-state index contributed by atoms with van der Waals surface area (Å²) in [7, 11) is 0. The summed E-state index contributed by atoms with van der Waals surface area (Å²) in [5.41, 5.74) is 7.01. The van der Waals surface area contributed by atoms with E-state index in [1.54, 1.807) is 29.3 Å². The predicted molar refractivity (Wildman–Crippen MR) is 71.1 cm³/mol. The van der Waals surface area contributed by atoms with Crippen molar-refractivity contribution in [1.29, 1.82) is 0 Å². The molecule has 0 saturated heterocycles. The molecule has 2 N–H and O–H groups in total. The van der Waals surface area contributed by atoms with Crippen LogP contribution in [-0.2, 0) is 0 Å². The number of nitrogens with zero attached hydrogens (tertiary/aromatic N) is 3. The van der Waals surface area contributed by atoms with Gasteiger partial charge in [-0.25, -0.2) is 0 Å². The summed E-state index contributed by atoms with van der Waals surface area (Å²) in [6.07, 6.45) is 1.79. The van der Waals surface area contributed by atoms with Crippen molar-refractivity contribution < 1.29 is 0 Å². The molecule has 0 fully saturated rings. The maximum atomic E-state index is 6.02. The van der Waals surface area contributed by atoms with Gasteiger partial charge in [0, 0.05) is 12.2 Å². The molecule has 0 amide bonds. The molecule has 0 saturated carbocycles. The monoisotopic (exact) mass is 266 g/mol. The van der Waals surface area contributed by atoms with Gasteiger partial charge in [0.15, 0.2) is 4.34 Å². The SMILES string of the molecule is Cc1nnc(SC(c2ccccn2)C(C)N)s1. The van der Waals surface area contributed by atoms with E-state index in [-0.39, 0.29) is 11.3 Å². The Morgan fingerprint density at radius 2 is 2.18 bits per heavy atom. The summed E-state index contributed by atoms with van der Waals surface area (Å²) in [5, 5.41) is 9.20. The highest BCUT2D eigenvalue weighted by Gasteiger charge is 2.20. The van der Waals surface area contributed by atoms with E-state index in [2.05, 4.69) is 15.2 Å². The van der Waals surface area contributed by atoms with Crippen LogP contribution in [-0.4, -0.2) is 21.2 Å². The van der Waals surface area contributed by atoms with Gasteiger partial charge < -0.3 is 5.73 Å². The Labute approximate surface area is 109 Å². The minimum absolute atomic E-state index is 0.0131. The van der Waals surface area contributed by atoms with Gasteiger partial charge in [-0.15, -0.1) is 10.2 Å². The fourth-order valence-corrected chi connectivity index (χ4v) is 3.48. The van der Waals surface area contributed by atoms with Gasteiger partial charge >= 0.3 is 0 Å². The molecule has 0 spiro atoms. The number of aryl methyl sites for hydroxylation is 1. The lowest BCUT2D eigenvalue weighted by Gasteiger charge is -2.17. The van der Waals surface area contributed by atoms with Crippen LogP contribution in [0.3, 0.4) is 0 Å². The largest absolute Gasteiger partial charge is 0.327 e. The highest BCUT2D eigenvalue weighted by atomic mass is 32.2. The third-order valence-corrected chi connectivity index (χ3v) is 4.57. The Balaban J connectivity index is 2.19. The number of aromatic nitrogens is 3. The van der Waals surface area contributed by atoms with Crippen molar-refractivity contribution in [3.05, 3.63) is 35.1 Å². The maximum absolute atomic E-state index is 6.02. The van der Waals surface area contributed by atoms with Crippen LogP contribution >= 0.6 is 23.1 Å². The van der Waals surface area contributed by atoms with Gasteiger partial charge in [-0.2, -0.15) is 0 Å². The summed E-state index contributed by atoms with van der Waals surface area (Å²) < 4.78 is 0.940. The zero-order valence-corrected chi connectivity index (χ0v) is 11.3. The molecule has 2 aromatic heterocycles. The summed E-state index contributed by atoms with van der Waals surface area (Å²) in [6, 6.07) is 5.89. The van der Waals surface area contributed by atoms with Crippen LogP contribution in [0.2, 0.25) is 0 Å². The van der Waals surface area contributed by atoms with Crippen molar-refractivity contribution in [2.45, 2.75) is 29.5 Å². The number of nitrogens with two attached hydrogens (primary N) is 1. The van der Waals surface area contributed by atoms with Crippen LogP contribution in [0, 0.1) is 6.92 Å². The Morgan fingerprint density at radius 3 is 2.71 bits per heavy atom. The minimum Gasteiger partial charge on any atom is -0.327 e. The Hall–Kier alpha value is -0.980. The summed E-state index contributed by atoms with van der Waals surface area (Å²) in [6.45, 7) is 3.93. The second-order valence-electron chi connectivity index (χ2n) is 3.74. The molecule has 0 radical (unpaired) electrons. The van der Waals surface area contributed by atoms with Crippen LogP contribution < -0.4 is 5.73 Å². The van der Waals surface area contributed by atoms with Gasteiger partial charge in [-0.05, 0) is 26.0 Å². The van der Waals surface area contributed by atoms with Crippen molar-refractivity contribution in [2.24, 2.45) is 5.73 Å². The second-order valence-corrected chi connectivity index (χ2v) is 6.31. The van der Waals surface area contributed by atoms with E-state index in [1.807, 2.05) is 32.0 Å². The topological polar surface area (TPSA) is 64.7 Å². The molecule has 2 rings (SSSR count). The summed E-state index contributed by atoms with van der Waals surface area (Å²) in [5.74, 6) is 0. The molecule has 0 aliphatic carbocycles. The van der Waals surface area contributed by atoms with Gasteiger partial charge in [0.25, 0.3) is 0 Å². The molecule has 2 atom stereocenters. The Bertz CT molecular complexity index is 469. The first-order valence-electron chi connectivity index (χ1n) is 5.30. The quantitative estimate of drug-likeness (QED) is 0.861. The average Bonchev–Trinajstić information content (AvgIpc) is 2.73. The van der Waals surface area contributed by atoms with Crippen molar-refractivity contribution in [3.8, 4) is 0 Å². The van der Waals surface area contributed by atoms with Crippen molar-refractivity contribution in [2.75, 3.05) is 0 Å². The first-order chi connectivity index (χ1) is 8.16. The van der Waals surface area contributed by atoms with Crippen LogP contribution in [0.1, 0.15) is 22.9 Å². The number of pyridine rings is 1. The summed E-state index contributed by atoms with van der Waals surface area (Å²) in [4.78, 5) is 4.36. The molecule has 4 nitrogen and oxygen atoms in total. The third kappa shape index (κ3) is 3.24. The number of hydrogen-bond acceptors (Lipinski definition) is 6. The molecule has 2 unspecified atom stereocenters. The van der Waals surface area contributed by atoms with Gasteiger partial charge in [-0.3, -0.25) is 4.98 Å². The highest BCUT2D eigenvalue weighted by Crippen LogP contribution is 2.37. The molecule has 2 aromatic rings. The number of hydrogen-bond donors (Lipinski definition) is 1. The molecule has 2 heterocycles. The second kappa shape index (κ2) is 5.57. The Kier molecular flexibility index (Phi) is 4.09. The van der Waals surface area contributed by atoms with E-state index in [0.717, 1.165) is 15.0 Å². The van der Waals surface area contributed by atoms with Gasteiger partial charge in [0.2, 0.25) is 0 Å². The Morgan fingerprint density at radius 1 is 1.35 bits per heavy atom. The molecular weight excluding hydrogens is 252 g/mol. The van der Waals surface area contributed by atoms with Crippen molar-refractivity contribution in [3.63, 3.8) is 0 Å². The zero-order chi connectivity index (χ0) is 12.3. The molecule has 0 bridgehead atoms. The summed E-state index contributed by atoms with van der Waals surface area (Å²) >= 11 is 3.21. The molecule has 0 aromatic carbocycles. The number of thioether (sulfide) groups is 1. The fourth-order valence-electron chi connectivity index (χ4n) is 1.42.